The summed E-state index contributed by atoms with van der Waals surface area (Å²) >= 11 is 3.44. The van der Waals surface area contributed by atoms with Crippen LogP contribution in [0.4, 0.5) is 0 Å². The van der Waals surface area contributed by atoms with Crippen molar-refractivity contribution < 1.29 is 9.26 Å². The summed E-state index contributed by atoms with van der Waals surface area (Å²) in [6.45, 7) is 4.15. The van der Waals surface area contributed by atoms with Crippen molar-refractivity contribution in [3.05, 3.63) is 28.6 Å². The van der Waals surface area contributed by atoms with E-state index in [4.69, 9.17) is 15.0 Å². The molecule has 0 fully saturated rings. The van der Waals surface area contributed by atoms with Crippen molar-refractivity contribution in [2.75, 3.05) is 7.11 Å². The van der Waals surface area contributed by atoms with Gasteiger partial charge < -0.3 is 15.0 Å². The van der Waals surface area contributed by atoms with Crippen LogP contribution in [0.25, 0.3) is 11.4 Å². The molecule has 1 unspecified atom stereocenters. The minimum Gasteiger partial charge on any atom is -0.496 e. The molecule has 1 aromatic heterocycles. The van der Waals surface area contributed by atoms with Crippen molar-refractivity contribution in [2.24, 2.45) is 11.7 Å². The van der Waals surface area contributed by atoms with Gasteiger partial charge in [-0.15, -0.1) is 0 Å². The Morgan fingerprint density at radius 3 is 2.80 bits per heavy atom. The van der Waals surface area contributed by atoms with E-state index >= 15 is 0 Å². The molecule has 1 heterocycles. The van der Waals surface area contributed by atoms with Crippen molar-refractivity contribution in [1.29, 1.82) is 0 Å². The Labute approximate surface area is 126 Å². The molecule has 0 bridgehead atoms. The lowest BCUT2D eigenvalue weighted by Crippen LogP contribution is -2.18. The van der Waals surface area contributed by atoms with Crippen LogP contribution in [0.3, 0.4) is 0 Å². The van der Waals surface area contributed by atoms with Crippen LogP contribution < -0.4 is 10.5 Å². The standard InChI is InChI=1S/C14H18BrN3O2/c1-4-8(2)12(16)14-17-13(18-20-14)9-5-6-11(19-3)10(15)7-9/h5-8,12H,4,16H2,1-3H3/t8?,12-/m0/s1. The number of nitrogens with zero attached hydrogens (tertiary/aromatic N) is 2. The Kier molecular flexibility index (Phi) is 4.77. The largest absolute Gasteiger partial charge is 0.496 e. The second kappa shape index (κ2) is 6.37. The van der Waals surface area contributed by atoms with E-state index in [1.165, 1.54) is 0 Å². The van der Waals surface area contributed by atoms with Crippen LogP contribution in [-0.2, 0) is 0 Å². The molecule has 0 saturated heterocycles. The summed E-state index contributed by atoms with van der Waals surface area (Å²) < 4.78 is 11.3. The van der Waals surface area contributed by atoms with Crippen LogP contribution >= 0.6 is 15.9 Å². The summed E-state index contributed by atoms with van der Waals surface area (Å²) in [4.78, 5) is 4.38. The number of benzene rings is 1. The van der Waals surface area contributed by atoms with E-state index in [-0.39, 0.29) is 6.04 Å². The molecule has 6 heteroatoms. The normalized spacial score (nSPS) is 14.1. The van der Waals surface area contributed by atoms with Gasteiger partial charge in [0.15, 0.2) is 0 Å². The van der Waals surface area contributed by atoms with Gasteiger partial charge in [0.05, 0.1) is 17.6 Å². The number of ether oxygens (including phenoxy) is 1. The molecule has 5 nitrogen and oxygen atoms in total. The first kappa shape index (κ1) is 15.0. The summed E-state index contributed by atoms with van der Waals surface area (Å²) in [6.07, 6.45) is 0.965. The number of rotatable bonds is 5. The Bertz CT molecular complexity index is 586. The Hall–Kier alpha value is -1.40. The van der Waals surface area contributed by atoms with Gasteiger partial charge in [0, 0.05) is 5.56 Å². The fourth-order valence-corrected chi connectivity index (χ4v) is 2.33. The first-order valence-electron chi connectivity index (χ1n) is 6.49. The maximum atomic E-state index is 6.09. The van der Waals surface area contributed by atoms with Crippen molar-refractivity contribution in [3.63, 3.8) is 0 Å². The molecule has 0 saturated carbocycles. The average Bonchev–Trinajstić information content (AvgIpc) is 2.95. The summed E-state index contributed by atoms with van der Waals surface area (Å²) in [7, 11) is 1.62. The number of hydrogen-bond donors (Lipinski definition) is 1. The number of nitrogens with two attached hydrogens (primary N) is 1. The molecule has 2 aromatic rings. The van der Waals surface area contributed by atoms with E-state index < -0.39 is 0 Å². The fraction of sp³-hybridized carbons (Fsp3) is 0.429. The number of hydrogen-bond acceptors (Lipinski definition) is 5. The molecule has 0 aliphatic rings. The highest BCUT2D eigenvalue weighted by molar-refractivity contribution is 9.10. The van der Waals surface area contributed by atoms with E-state index in [9.17, 15) is 0 Å². The van der Waals surface area contributed by atoms with Gasteiger partial charge in [-0.05, 0) is 40.0 Å². The topological polar surface area (TPSA) is 74.2 Å². The molecule has 2 atom stereocenters. The lowest BCUT2D eigenvalue weighted by molar-refractivity contribution is 0.312. The molecule has 0 spiro atoms. The first-order chi connectivity index (χ1) is 9.56. The van der Waals surface area contributed by atoms with Gasteiger partial charge in [0.25, 0.3) is 0 Å². The van der Waals surface area contributed by atoms with E-state index in [2.05, 4.69) is 39.9 Å². The summed E-state index contributed by atoms with van der Waals surface area (Å²) in [6, 6.07) is 5.39. The van der Waals surface area contributed by atoms with E-state index in [0.29, 0.717) is 17.6 Å². The molecule has 0 radical (unpaired) electrons. The van der Waals surface area contributed by atoms with Crippen molar-refractivity contribution >= 4 is 15.9 Å². The maximum absolute atomic E-state index is 6.09. The van der Waals surface area contributed by atoms with Crippen LogP contribution in [-0.4, -0.2) is 17.3 Å². The van der Waals surface area contributed by atoms with Crippen LogP contribution in [0, 0.1) is 5.92 Å². The molecule has 20 heavy (non-hydrogen) atoms. The van der Waals surface area contributed by atoms with Crippen LogP contribution in [0.2, 0.25) is 0 Å². The van der Waals surface area contributed by atoms with E-state index in [1.807, 2.05) is 18.2 Å². The molecule has 108 valence electrons. The Morgan fingerprint density at radius 1 is 1.45 bits per heavy atom. The van der Waals surface area contributed by atoms with Gasteiger partial charge in [0.2, 0.25) is 11.7 Å². The molecule has 0 amide bonds. The van der Waals surface area contributed by atoms with Gasteiger partial charge >= 0.3 is 0 Å². The van der Waals surface area contributed by atoms with Crippen molar-refractivity contribution in [1.82, 2.24) is 10.1 Å². The minimum atomic E-state index is -0.233. The lowest BCUT2D eigenvalue weighted by atomic mass is 10.0. The zero-order chi connectivity index (χ0) is 14.7. The zero-order valence-electron chi connectivity index (χ0n) is 11.8. The highest BCUT2D eigenvalue weighted by atomic mass is 79.9. The Balaban J connectivity index is 2.26. The van der Waals surface area contributed by atoms with Crippen LogP contribution in [0.5, 0.6) is 5.75 Å². The molecule has 2 N–H and O–H groups in total. The maximum Gasteiger partial charge on any atom is 0.244 e. The summed E-state index contributed by atoms with van der Waals surface area (Å²) in [5.41, 5.74) is 6.94. The van der Waals surface area contributed by atoms with Crippen molar-refractivity contribution in [3.8, 4) is 17.1 Å². The zero-order valence-corrected chi connectivity index (χ0v) is 13.3. The Morgan fingerprint density at radius 2 is 2.20 bits per heavy atom. The van der Waals surface area contributed by atoms with Crippen molar-refractivity contribution in [2.45, 2.75) is 26.3 Å². The van der Waals surface area contributed by atoms with Gasteiger partial charge in [-0.2, -0.15) is 4.98 Å². The van der Waals surface area contributed by atoms with Gasteiger partial charge in [-0.1, -0.05) is 25.4 Å². The lowest BCUT2D eigenvalue weighted by Gasteiger charge is -2.12. The minimum absolute atomic E-state index is 0.233. The molecule has 1 aromatic carbocycles. The molecule has 0 aliphatic carbocycles. The van der Waals surface area contributed by atoms with Gasteiger partial charge in [-0.3, -0.25) is 0 Å². The van der Waals surface area contributed by atoms with Crippen LogP contribution in [0.15, 0.2) is 27.2 Å². The quantitative estimate of drug-likeness (QED) is 0.901. The predicted octanol–water partition coefficient (Wildman–Crippen LogP) is 3.55. The first-order valence-corrected chi connectivity index (χ1v) is 7.29. The van der Waals surface area contributed by atoms with E-state index in [1.54, 1.807) is 7.11 Å². The second-order valence-corrected chi connectivity index (χ2v) is 5.57. The van der Waals surface area contributed by atoms with Crippen LogP contribution in [0.1, 0.15) is 32.2 Å². The number of aromatic nitrogens is 2. The SMILES string of the molecule is CCC(C)[C@H](N)c1nc(-c2ccc(OC)c(Br)c2)no1. The molecular formula is C14H18BrN3O2. The third kappa shape index (κ3) is 3.02. The predicted molar refractivity (Wildman–Crippen MR) is 80.4 cm³/mol. The number of halogens is 1. The fourth-order valence-electron chi connectivity index (χ4n) is 1.79. The molecule has 2 rings (SSSR count). The average molecular weight is 340 g/mol. The second-order valence-electron chi connectivity index (χ2n) is 4.72. The summed E-state index contributed by atoms with van der Waals surface area (Å²) in [5, 5.41) is 3.99. The summed E-state index contributed by atoms with van der Waals surface area (Å²) in [5.74, 6) is 2.06. The highest BCUT2D eigenvalue weighted by Crippen LogP contribution is 2.30. The molecular weight excluding hydrogens is 322 g/mol. The monoisotopic (exact) mass is 339 g/mol. The third-order valence-electron chi connectivity index (χ3n) is 3.39. The third-order valence-corrected chi connectivity index (χ3v) is 4.01. The van der Waals surface area contributed by atoms with E-state index in [0.717, 1.165) is 22.2 Å². The van der Waals surface area contributed by atoms with Gasteiger partial charge in [-0.25, -0.2) is 0 Å². The van der Waals surface area contributed by atoms with Gasteiger partial charge in [0.1, 0.15) is 5.75 Å². The molecule has 0 aliphatic heterocycles. The highest BCUT2D eigenvalue weighted by Gasteiger charge is 2.20. The smallest absolute Gasteiger partial charge is 0.244 e. The number of methoxy groups -OCH3 is 1.